The third-order valence-electron chi connectivity index (χ3n) is 5.18. The van der Waals surface area contributed by atoms with Gasteiger partial charge in [-0.15, -0.1) is 13.2 Å². The molecule has 0 saturated carbocycles. The van der Waals surface area contributed by atoms with Gasteiger partial charge in [-0.05, 0) is 42.7 Å². The van der Waals surface area contributed by atoms with Crippen LogP contribution in [0.2, 0.25) is 0 Å². The second kappa shape index (κ2) is 9.96. The summed E-state index contributed by atoms with van der Waals surface area (Å²) in [6.07, 6.45) is -4.47. The van der Waals surface area contributed by atoms with Crippen molar-refractivity contribution in [2.75, 3.05) is 20.2 Å². The monoisotopic (exact) mass is 490 g/mol. The molecular formula is C21H22F4N2O5S. The largest absolute Gasteiger partial charge is 0.573 e. The molecule has 3 rings (SSSR count). The first-order valence-electron chi connectivity index (χ1n) is 9.95. The summed E-state index contributed by atoms with van der Waals surface area (Å²) in [6, 6.07) is 8.50. The highest BCUT2D eigenvalue weighted by atomic mass is 32.2. The Bertz CT molecular complexity index is 1100. The number of hydrogen-bond acceptors (Lipinski definition) is 5. The molecule has 180 valence electrons. The summed E-state index contributed by atoms with van der Waals surface area (Å²) in [5, 5.41) is 2.71. The van der Waals surface area contributed by atoms with Gasteiger partial charge in [-0.25, -0.2) is 12.8 Å². The second-order valence-electron chi connectivity index (χ2n) is 7.39. The Morgan fingerprint density at radius 2 is 1.85 bits per heavy atom. The van der Waals surface area contributed by atoms with E-state index in [1.165, 1.54) is 25.3 Å². The Morgan fingerprint density at radius 3 is 2.45 bits per heavy atom. The number of hydrogen-bond donors (Lipinski definition) is 1. The van der Waals surface area contributed by atoms with Crippen molar-refractivity contribution in [3.05, 3.63) is 53.8 Å². The highest BCUT2D eigenvalue weighted by molar-refractivity contribution is 7.89. The Hall–Kier alpha value is -2.86. The van der Waals surface area contributed by atoms with Gasteiger partial charge in [-0.3, -0.25) is 4.79 Å². The normalized spacial score (nSPS) is 15.8. The average Bonchev–Trinajstić information content (AvgIpc) is 2.76. The van der Waals surface area contributed by atoms with Crippen molar-refractivity contribution in [3.8, 4) is 11.5 Å². The number of amides is 1. The van der Waals surface area contributed by atoms with Crippen molar-refractivity contribution in [2.24, 2.45) is 5.92 Å². The van der Waals surface area contributed by atoms with Crippen LogP contribution in [-0.4, -0.2) is 45.2 Å². The second-order valence-corrected chi connectivity index (χ2v) is 9.33. The fourth-order valence-electron chi connectivity index (χ4n) is 3.49. The molecule has 1 N–H and O–H groups in total. The first-order valence-corrected chi connectivity index (χ1v) is 11.4. The lowest BCUT2D eigenvalue weighted by atomic mass is 9.97. The minimum absolute atomic E-state index is 0.0297. The van der Waals surface area contributed by atoms with Crippen LogP contribution in [0.4, 0.5) is 17.6 Å². The van der Waals surface area contributed by atoms with Crippen molar-refractivity contribution in [1.29, 1.82) is 0 Å². The lowest BCUT2D eigenvalue weighted by molar-refractivity contribution is -0.274. The van der Waals surface area contributed by atoms with Gasteiger partial charge in [0.2, 0.25) is 15.9 Å². The number of sulfonamides is 1. The number of methoxy groups -OCH3 is 1. The first kappa shape index (κ1) is 24.8. The predicted octanol–water partition coefficient (Wildman–Crippen LogP) is 3.45. The number of halogens is 4. The van der Waals surface area contributed by atoms with Gasteiger partial charge in [-0.1, -0.05) is 12.1 Å². The number of ether oxygens (including phenoxy) is 2. The summed E-state index contributed by atoms with van der Waals surface area (Å²) in [4.78, 5) is 12.1. The Kier molecular flexibility index (Phi) is 7.48. The van der Waals surface area contributed by atoms with E-state index >= 15 is 0 Å². The molecule has 0 radical (unpaired) electrons. The molecule has 1 aliphatic rings. The Balaban J connectivity index is 1.57. The summed E-state index contributed by atoms with van der Waals surface area (Å²) in [6.45, 7) is 0.161. The van der Waals surface area contributed by atoms with Crippen LogP contribution in [0.25, 0.3) is 0 Å². The molecule has 12 heteroatoms. The van der Waals surface area contributed by atoms with Gasteiger partial charge in [0.1, 0.15) is 5.75 Å². The third kappa shape index (κ3) is 6.35. The van der Waals surface area contributed by atoms with E-state index in [2.05, 4.69) is 10.1 Å². The van der Waals surface area contributed by atoms with Crippen LogP contribution in [-0.2, 0) is 21.4 Å². The highest BCUT2D eigenvalue weighted by Crippen LogP contribution is 2.28. The fraction of sp³-hybridized carbons (Fsp3) is 0.381. The molecule has 0 aromatic heterocycles. The van der Waals surface area contributed by atoms with Crippen molar-refractivity contribution < 1.29 is 40.2 Å². The molecule has 2 aromatic carbocycles. The summed E-state index contributed by atoms with van der Waals surface area (Å²) in [5.74, 6) is -1.82. The van der Waals surface area contributed by atoms with Gasteiger partial charge in [-0.2, -0.15) is 4.31 Å². The number of rotatable bonds is 7. The van der Waals surface area contributed by atoms with Gasteiger partial charge in [0.25, 0.3) is 0 Å². The molecule has 0 spiro atoms. The van der Waals surface area contributed by atoms with Gasteiger partial charge in [0, 0.05) is 31.6 Å². The predicted molar refractivity (Wildman–Crippen MR) is 109 cm³/mol. The van der Waals surface area contributed by atoms with E-state index in [1.54, 1.807) is 6.07 Å². The molecule has 1 aliphatic heterocycles. The number of carbonyl (C=O) groups excluding carboxylic acids is 1. The maximum atomic E-state index is 13.8. The zero-order chi connectivity index (χ0) is 24.2. The standard InChI is InChI=1S/C21H22F4N2O5S/c1-31-19-6-5-14(11-18(19)22)13-26-20(28)15-7-9-27(10-8-15)33(29,30)17-4-2-3-16(12-17)32-21(23,24)25/h2-6,11-12,15H,7-10,13H2,1H3,(H,26,28). The van der Waals surface area contributed by atoms with E-state index in [0.717, 1.165) is 22.5 Å². The van der Waals surface area contributed by atoms with Crippen molar-refractivity contribution in [1.82, 2.24) is 9.62 Å². The molecule has 0 unspecified atom stereocenters. The number of benzene rings is 2. The maximum Gasteiger partial charge on any atom is 0.573 e. The van der Waals surface area contributed by atoms with E-state index in [9.17, 15) is 30.8 Å². The molecule has 33 heavy (non-hydrogen) atoms. The van der Waals surface area contributed by atoms with Gasteiger partial charge in [0.15, 0.2) is 11.6 Å². The van der Waals surface area contributed by atoms with Crippen LogP contribution < -0.4 is 14.8 Å². The summed E-state index contributed by atoms with van der Waals surface area (Å²) in [7, 11) is -2.71. The molecule has 0 bridgehead atoms. The van der Waals surface area contributed by atoms with Crippen LogP contribution in [0.5, 0.6) is 11.5 Å². The van der Waals surface area contributed by atoms with E-state index in [0.29, 0.717) is 5.56 Å². The average molecular weight is 490 g/mol. The Morgan fingerprint density at radius 1 is 1.15 bits per heavy atom. The van der Waals surface area contributed by atoms with Crippen LogP contribution in [0, 0.1) is 11.7 Å². The van der Waals surface area contributed by atoms with Crippen molar-refractivity contribution in [2.45, 2.75) is 30.6 Å². The molecule has 0 atom stereocenters. The third-order valence-corrected chi connectivity index (χ3v) is 7.08. The molecule has 0 aliphatic carbocycles. The molecule has 1 fully saturated rings. The minimum Gasteiger partial charge on any atom is -0.494 e. The van der Waals surface area contributed by atoms with Gasteiger partial charge in [0.05, 0.1) is 12.0 Å². The van der Waals surface area contributed by atoms with Gasteiger partial charge >= 0.3 is 6.36 Å². The van der Waals surface area contributed by atoms with Crippen molar-refractivity contribution >= 4 is 15.9 Å². The SMILES string of the molecule is COc1ccc(CNC(=O)C2CCN(S(=O)(=O)c3cccc(OC(F)(F)F)c3)CC2)cc1F. The van der Waals surface area contributed by atoms with E-state index in [4.69, 9.17) is 4.74 Å². The van der Waals surface area contributed by atoms with E-state index in [-0.39, 0.29) is 49.0 Å². The Labute approximate surface area is 188 Å². The highest BCUT2D eigenvalue weighted by Gasteiger charge is 2.34. The molecule has 1 saturated heterocycles. The quantitative estimate of drug-likeness (QED) is 0.601. The van der Waals surface area contributed by atoms with Crippen LogP contribution in [0.1, 0.15) is 18.4 Å². The first-order chi connectivity index (χ1) is 15.5. The zero-order valence-electron chi connectivity index (χ0n) is 17.6. The zero-order valence-corrected chi connectivity index (χ0v) is 18.4. The lowest BCUT2D eigenvalue weighted by Crippen LogP contribution is -2.42. The molecule has 2 aromatic rings. The number of carbonyl (C=O) groups is 1. The maximum absolute atomic E-state index is 13.8. The number of alkyl halides is 3. The summed E-state index contributed by atoms with van der Waals surface area (Å²) < 4.78 is 86.4. The van der Waals surface area contributed by atoms with Crippen molar-refractivity contribution in [3.63, 3.8) is 0 Å². The fourth-order valence-corrected chi connectivity index (χ4v) is 5.00. The molecule has 1 amide bonds. The lowest BCUT2D eigenvalue weighted by Gasteiger charge is -2.30. The van der Waals surface area contributed by atoms with E-state index in [1.807, 2.05) is 0 Å². The minimum atomic E-state index is -4.94. The molecular weight excluding hydrogens is 468 g/mol. The summed E-state index contributed by atoms with van der Waals surface area (Å²) in [5.41, 5.74) is 0.544. The van der Waals surface area contributed by atoms with Crippen LogP contribution in [0.3, 0.4) is 0 Å². The van der Waals surface area contributed by atoms with Crippen LogP contribution >= 0.6 is 0 Å². The number of nitrogens with zero attached hydrogens (tertiary/aromatic N) is 1. The summed E-state index contributed by atoms with van der Waals surface area (Å²) >= 11 is 0. The number of piperidine rings is 1. The molecule has 1 heterocycles. The molecule has 7 nitrogen and oxygen atoms in total. The smallest absolute Gasteiger partial charge is 0.494 e. The van der Waals surface area contributed by atoms with Gasteiger partial charge < -0.3 is 14.8 Å². The van der Waals surface area contributed by atoms with E-state index < -0.39 is 33.9 Å². The number of nitrogens with one attached hydrogen (secondary N) is 1. The van der Waals surface area contributed by atoms with Crippen LogP contribution in [0.15, 0.2) is 47.4 Å². The topological polar surface area (TPSA) is 84.9 Å².